The number of amides is 2. The zero-order valence-corrected chi connectivity index (χ0v) is 21.3. The number of hydrogen-bond acceptors (Lipinski definition) is 3. The van der Waals surface area contributed by atoms with E-state index in [-0.39, 0.29) is 31.0 Å². The highest BCUT2D eigenvalue weighted by Gasteiger charge is 2.30. The standard InChI is InChI=1S/C22H24BrCl3N2O3/c1-4-19(22(30)27-13(2)3)28(11-15-16(24)6-5-7-17(15)25)21(29)12-31-20-9-8-14(23)10-18(20)26/h5-10,13,19H,4,11-12H2,1-3H3,(H,27,30)/t19-/m0/s1. The fourth-order valence-electron chi connectivity index (χ4n) is 2.97. The fourth-order valence-corrected chi connectivity index (χ4v) is 4.21. The molecule has 2 amide bonds. The highest BCUT2D eigenvalue weighted by molar-refractivity contribution is 9.10. The summed E-state index contributed by atoms with van der Waals surface area (Å²) in [5.41, 5.74) is 0.566. The quantitative estimate of drug-likeness (QED) is 0.409. The minimum atomic E-state index is -0.716. The van der Waals surface area contributed by atoms with Gasteiger partial charge in [-0.2, -0.15) is 0 Å². The van der Waals surface area contributed by atoms with Gasteiger partial charge in [0, 0.05) is 32.7 Å². The molecule has 0 aromatic heterocycles. The molecule has 0 saturated carbocycles. The van der Waals surface area contributed by atoms with Gasteiger partial charge in [-0.1, -0.05) is 63.7 Å². The summed E-state index contributed by atoms with van der Waals surface area (Å²) in [6, 6.07) is 9.42. The lowest BCUT2D eigenvalue weighted by Gasteiger charge is -2.31. The van der Waals surface area contributed by atoms with Crippen LogP contribution in [0.4, 0.5) is 0 Å². The molecule has 0 aliphatic heterocycles. The molecule has 0 fully saturated rings. The lowest BCUT2D eigenvalue weighted by Crippen LogP contribution is -2.51. The third-order valence-corrected chi connectivity index (χ3v) is 5.95. The molecule has 0 unspecified atom stereocenters. The minimum absolute atomic E-state index is 0.0682. The van der Waals surface area contributed by atoms with Gasteiger partial charge in [-0.25, -0.2) is 0 Å². The van der Waals surface area contributed by atoms with Crippen LogP contribution in [0.5, 0.6) is 5.75 Å². The number of hydrogen-bond donors (Lipinski definition) is 1. The van der Waals surface area contributed by atoms with Crippen LogP contribution in [-0.4, -0.2) is 35.4 Å². The summed E-state index contributed by atoms with van der Waals surface area (Å²) < 4.78 is 6.44. The monoisotopic (exact) mass is 548 g/mol. The number of nitrogens with zero attached hydrogens (tertiary/aromatic N) is 1. The predicted molar refractivity (Wildman–Crippen MR) is 129 cm³/mol. The molecule has 31 heavy (non-hydrogen) atoms. The van der Waals surface area contributed by atoms with Gasteiger partial charge in [0.15, 0.2) is 6.61 Å². The Morgan fingerprint density at radius 2 is 1.74 bits per heavy atom. The molecule has 0 heterocycles. The van der Waals surface area contributed by atoms with Gasteiger partial charge < -0.3 is 15.0 Å². The maximum Gasteiger partial charge on any atom is 0.261 e. The van der Waals surface area contributed by atoms with E-state index in [0.717, 1.165) is 4.47 Å². The van der Waals surface area contributed by atoms with Crippen LogP contribution >= 0.6 is 50.7 Å². The number of benzene rings is 2. The predicted octanol–water partition coefficient (Wildman–Crippen LogP) is 6.12. The molecule has 0 radical (unpaired) electrons. The summed E-state index contributed by atoms with van der Waals surface area (Å²) in [5, 5.41) is 4.07. The second-order valence-corrected chi connectivity index (χ2v) is 9.31. The van der Waals surface area contributed by atoms with Crippen LogP contribution in [-0.2, 0) is 16.1 Å². The van der Waals surface area contributed by atoms with Gasteiger partial charge in [-0.05, 0) is 50.6 Å². The summed E-state index contributed by atoms with van der Waals surface area (Å²) >= 11 is 22.2. The lowest BCUT2D eigenvalue weighted by atomic mass is 10.1. The van der Waals surface area contributed by atoms with Gasteiger partial charge in [-0.3, -0.25) is 9.59 Å². The van der Waals surface area contributed by atoms with Crippen molar-refractivity contribution in [1.82, 2.24) is 10.2 Å². The van der Waals surface area contributed by atoms with Crippen LogP contribution in [0.25, 0.3) is 0 Å². The summed E-state index contributed by atoms with van der Waals surface area (Å²) in [4.78, 5) is 27.5. The number of rotatable bonds is 9. The van der Waals surface area contributed by atoms with Crippen molar-refractivity contribution in [2.24, 2.45) is 0 Å². The van der Waals surface area contributed by atoms with E-state index in [2.05, 4.69) is 21.2 Å². The summed E-state index contributed by atoms with van der Waals surface area (Å²) in [6.45, 7) is 5.33. The lowest BCUT2D eigenvalue weighted by molar-refractivity contribution is -0.143. The number of ether oxygens (including phenoxy) is 1. The SMILES string of the molecule is CC[C@@H](C(=O)NC(C)C)N(Cc1c(Cl)cccc1Cl)C(=O)COc1ccc(Br)cc1Cl. The molecule has 0 saturated heterocycles. The molecule has 0 aliphatic rings. The molecular formula is C22H24BrCl3N2O3. The highest BCUT2D eigenvalue weighted by atomic mass is 79.9. The van der Waals surface area contributed by atoms with E-state index < -0.39 is 6.04 Å². The summed E-state index contributed by atoms with van der Waals surface area (Å²) in [6.07, 6.45) is 0.408. The number of nitrogens with one attached hydrogen (secondary N) is 1. The number of carbonyl (C=O) groups is 2. The van der Waals surface area contributed by atoms with Crippen molar-refractivity contribution in [2.45, 2.75) is 45.8 Å². The van der Waals surface area contributed by atoms with E-state index in [1.807, 2.05) is 20.8 Å². The van der Waals surface area contributed by atoms with Crippen LogP contribution in [0.2, 0.25) is 15.1 Å². The van der Waals surface area contributed by atoms with Crippen molar-refractivity contribution in [2.75, 3.05) is 6.61 Å². The largest absolute Gasteiger partial charge is 0.482 e. The Labute approximate surface area is 206 Å². The molecule has 5 nitrogen and oxygen atoms in total. The van der Waals surface area contributed by atoms with Crippen molar-refractivity contribution in [3.05, 3.63) is 61.5 Å². The van der Waals surface area contributed by atoms with E-state index in [4.69, 9.17) is 39.5 Å². The molecule has 9 heteroatoms. The molecule has 1 N–H and O–H groups in total. The third kappa shape index (κ3) is 7.28. The van der Waals surface area contributed by atoms with Crippen molar-refractivity contribution in [3.8, 4) is 5.75 Å². The Morgan fingerprint density at radius 1 is 1.10 bits per heavy atom. The Morgan fingerprint density at radius 3 is 2.29 bits per heavy atom. The van der Waals surface area contributed by atoms with Gasteiger partial charge >= 0.3 is 0 Å². The first-order valence-electron chi connectivity index (χ1n) is 9.74. The third-order valence-electron chi connectivity index (χ3n) is 4.45. The first-order valence-corrected chi connectivity index (χ1v) is 11.7. The molecule has 0 bridgehead atoms. The van der Waals surface area contributed by atoms with Crippen LogP contribution in [0.3, 0.4) is 0 Å². The van der Waals surface area contributed by atoms with Crippen molar-refractivity contribution >= 4 is 62.5 Å². The molecule has 1 atom stereocenters. The molecular weight excluding hydrogens is 527 g/mol. The summed E-state index contributed by atoms with van der Waals surface area (Å²) in [5.74, 6) is -0.273. The van der Waals surface area contributed by atoms with Gasteiger partial charge in [0.05, 0.1) is 5.02 Å². The smallest absolute Gasteiger partial charge is 0.261 e. The van der Waals surface area contributed by atoms with Gasteiger partial charge in [-0.15, -0.1) is 0 Å². The second-order valence-electron chi connectivity index (χ2n) is 7.17. The molecule has 0 spiro atoms. The average Bonchev–Trinajstić information content (AvgIpc) is 2.68. The zero-order valence-electron chi connectivity index (χ0n) is 17.4. The Hall–Kier alpha value is -1.47. The zero-order chi connectivity index (χ0) is 23.1. The second kappa shape index (κ2) is 12.0. The number of carbonyl (C=O) groups excluding carboxylic acids is 2. The normalized spacial score (nSPS) is 11.9. The minimum Gasteiger partial charge on any atom is -0.482 e. The van der Waals surface area contributed by atoms with Gasteiger partial charge in [0.2, 0.25) is 5.91 Å². The maximum atomic E-state index is 13.2. The topological polar surface area (TPSA) is 58.6 Å². The average molecular weight is 551 g/mol. The van der Waals surface area contributed by atoms with E-state index >= 15 is 0 Å². The van der Waals surface area contributed by atoms with Gasteiger partial charge in [0.25, 0.3) is 5.91 Å². The van der Waals surface area contributed by atoms with Crippen LogP contribution in [0.15, 0.2) is 40.9 Å². The van der Waals surface area contributed by atoms with Crippen molar-refractivity contribution in [1.29, 1.82) is 0 Å². The van der Waals surface area contributed by atoms with E-state index in [9.17, 15) is 9.59 Å². The van der Waals surface area contributed by atoms with Gasteiger partial charge in [0.1, 0.15) is 11.8 Å². The molecule has 2 aromatic carbocycles. The molecule has 2 aromatic rings. The molecule has 168 valence electrons. The van der Waals surface area contributed by atoms with E-state index in [0.29, 0.717) is 32.8 Å². The van der Waals surface area contributed by atoms with Crippen molar-refractivity contribution < 1.29 is 14.3 Å². The van der Waals surface area contributed by atoms with E-state index in [1.54, 1.807) is 36.4 Å². The first kappa shape index (κ1) is 25.8. The Kier molecular flexibility index (Phi) is 9.94. The van der Waals surface area contributed by atoms with Crippen molar-refractivity contribution in [3.63, 3.8) is 0 Å². The Balaban J connectivity index is 2.30. The highest BCUT2D eigenvalue weighted by Crippen LogP contribution is 2.29. The maximum absolute atomic E-state index is 13.2. The van der Waals surface area contributed by atoms with E-state index in [1.165, 1.54) is 4.90 Å². The molecule has 2 rings (SSSR count). The first-order chi connectivity index (χ1) is 14.6. The number of halogens is 4. The molecule has 0 aliphatic carbocycles. The summed E-state index contributed by atoms with van der Waals surface area (Å²) in [7, 11) is 0. The van der Waals surface area contributed by atoms with Crippen LogP contribution in [0.1, 0.15) is 32.8 Å². The fraction of sp³-hybridized carbons (Fsp3) is 0.364. The van der Waals surface area contributed by atoms with Crippen LogP contribution < -0.4 is 10.1 Å². The van der Waals surface area contributed by atoms with Crippen LogP contribution in [0, 0.1) is 0 Å². The Bertz CT molecular complexity index is 920.